The molecule has 1 N–H and O–H groups in total. The maximum absolute atomic E-state index is 11.8. The molecule has 0 saturated heterocycles. The van der Waals surface area contributed by atoms with E-state index in [1.165, 1.54) is 24.4 Å². The Bertz CT molecular complexity index is 1020. The summed E-state index contributed by atoms with van der Waals surface area (Å²) in [6.45, 7) is 0.239. The van der Waals surface area contributed by atoms with Crippen LogP contribution >= 0.6 is 0 Å². The smallest absolute Gasteiger partial charge is 0.277 e. The van der Waals surface area contributed by atoms with E-state index in [2.05, 4.69) is 10.5 Å². The molecule has 0 heterocycles. The van der Waals surface area contributed by atoms with Gasteiger partial charge < -0.3 is 9.47 Å². The zero-order valence-electron chi connectivity index (χ0n) is 15.9. The molecule has 0 aliphatic carbocycles. The summed E-state index contributed by atoms with van der Waals surface area (Å²) in [4.78, 5) is 22.1. The summed E-state index contributed by atoms with van der Waals surface area (Å²) in [5, 5.41) is 14.5. The number of ether oxygens (including phenoxy) is 2. The molecule has 1 amide bonds. The molecule has 0 radical (unpaired) electrons. The number of nitrogens with zero attached hydrogens (tertiary/aromatic N) is 2. The topological polar surface area (TPSA) is 103 Å². The van der Waals surface area contributed by atoms with Crippen LogP contribution in [-0.2, 0) is 11.4 Å². The standard InChI is InChI=1S/C22H19N3O5/c26-22(24-23-14-18-7-4-8-19(13-18)25(27)28)16-30-21-11-9-20(10-12-21)29-15-17-5-2-1-3-6-17/h1-14H,15-16H2,(H,24,26). The Balaban J connectivity index is 1.42. The number of hydrogen-bond donors (Lipinski definition) is 1. The Morgan fingerprint density at radius 3 is 2.37 bits per heavy atom. The lowest BCUT2D eigenvalue weighted by Crippen LogP contribution is -2.24. The van der Waals surface area contributed by atoms with Crippen molar-refractivity contribution < 1.29 is 19.2 Å². The summed E-state index contributed by atoms with van der Waals surface area (Å²) in [5.41, 5.74) is 3.83. The van der Waals surface area contributed by atoms with E-state index in [0.717, 1.165) is 5.56 Å². The average Bonchev–Trinajstić information content (AvgIpc) is 2.78. The van der Waals surface area contributed by atoms with Gasteiger partial charge in [-0.15, -0.1) is 0 Å². The minimum absolute atomic E-state index is 0.0511. The van der Waals surface area contributed by atoms with Gasteiger partial charge in [0.2, 0.25) is 0 Å². The molecule has 3 rings (SSSR count). The van der Waals surface area contributed by atoms with Gasteiger partial charge in [-0.2, -0.15) is 5.10 Å². The van der Waals surface area contributed by atoms with Crippen molar-refractivity contribution in [2.75, 3.05) is 6.61 Å². The van der Waals surface area contributed by atoms with E-state index < -0.39 is 10.8 Å². The van der Waals surface area contributed by atoms with E-state index >= 15 is 0 Å². The molecule has 3 aromatic carbocycles. The predicted octanol–water partition coefficient (Wildman–Crippen LogP) is 3.70. The van der Waals surface area contributed by atoms with E-state index in [1.807, 2.05) is 30.3 Å². The second-order valence-corrected chi connectivity index (χ2v) is 6.18. The Kier molecular flexibility index (Phi) is 7.10. The fourth-order valence-electron chi connectivity index (χ4n) is 2.45. The molecular weight excluding hydrogens is 386 g/mol. The summed E-state index contributed by atoms with van der Waals surface area (Å²) in [5.74, 6) is 0.748. The van der Waals surface area contributed by atoms with Crippen LogP contribution in [0, 0.1) is 10.1 Å². The molecule has 0 spiro atoms. The molecule has 0 unspecified atom stereocenters. The van der Waals surface area contributed by atoms with Crippen molar-refractivity contribution in [1.29, 1.82) is 0 Å². The number of amides is 1. The van der Waals surface area contributed by atoms with Crippen LogP contribution in [0.15, 0.2) is 84.0 Å². The number of nitrogens with one attached hydrogen (secondary N) is 1. The second-order valence-electron chi connectivity index (χ2n) is 6.18. The number of carbonyl (C=O) groups is 1. The number of rotatable bonds is 9. The lowest BCUT2D eigenvalue weighted by molar-refractivity contribution is -0.384. The number of nitro groups is 1. The normalized spacial score (nSPS) is 10.5. The van der Waals surface area contributed by atoms with Crippen LogP contribution in [0.1, 0.15) is 11.1 Å². The van der Waals surface area contributed by atoms with Crippen LogP contribution < -0.4 is 14.9 Å². The zero-order chi connectivity index (χ0) is 21.2. The molecule has 30 heavy (non-hydrogen) atoms. The van der Waals surface area contributed by atoms with Crippen LogP contribution in [0.25, 0.3) is 0 Å². The van der Waals surface area contributed by atoms with Gasteiger partial charge in [-0.1, -0.05) is 42.5 Å². The predicted molar refractivity (Wildman–Crippen MR) is 112 cm³/mol. The molecule has 8 nitrogen and oxygen atoms in total. The first-order chi connectivity index (χ1) is 14.6. The number of benzene rings is 3. The molecule has 0 aliphatic rings. The summed E-state index contributed by atoms with van der Waals surface area (Å²) in [7, 11) is 0. The monoisotopic (exact) mass is 405 g/mol. The van der Waals surface area contributed by atoms with Gasteiger partial charge in [-0.05, 0) is 29.8 Å². The molecule has 0 fully saturated rings. The quantitative estimate of drug-likeness (QED) is 0.332. The van der Waals surface area contributed by atoms with E-state index in [4.69, 9.17) is 9.47 Å². The van der Waals surface area contributed by atoms with Crippen molar-refractivity contribution in [2.45, 2.75) is 6.61 Å². The molecule has 0 atom stereocenters. The Morgan fingerprint density at radius 1 is 0.967 bits per heavy atom. The van der Waals surface area contributed by atoms with E-state index in [9.17, 15) is 14.9 Å². The van der Waals surface area contributed by atoms with E-state index in [1.54, 1.807) is 30.3 Å². The van der Waals surface area contributed by atoms with Gasteiger partial charge in [0.05, 0.1) is 11.1 Å². The van der Waals surface area contributed by atoms with Crippen molar-refractivity contribution in [3.8, 4) is 11.5 Å². The van der Waals surface area contributed by atoms with E-state index in [0.29, 0.717) is 23.7 Å². The summed E-state index contributed by atoms with van der Waals surface area (Å²) in [6.07, 6.45) is 1.32. The maximum atomic E-state index is 11.8. The Labute approximate surface area is 172 Å². The summed E-state index contributed by atoms with van der Waals surface area (Å²) in [6, 6.07) is 22.7. The molecule has 8 heteroatoms. The highest BCUT2D eigenvalue weighted by Crippen LogP contribution is 2.18. The fraction of sp³-hybridized carbons (Fsp3) is 0.0909. The highest BCUT2D eigenvalue weighted by Gasteiger charge is 2.05. The average molecular weight is 405 g/mol. The van der Waals surface area contributed by atoms with Crippen molar-refractivity contribution in [3.05, 3.63) is 100 Å². The minimum Gasteiger partial charge on any atom is -0.489 e. The molecule has 152 valence electrons. The summed E-state index contributed by atoms with van der Waals surface area (Å²) >= 11 is 0. The van der Waals surface area contributed by atoms with Crippen molar-refractivity contribution >= 4 is 17.8 Å². The number of hydrazone groups is 1. The van der Waals surface area contributed by atoms with Crippen LogP contribution in [0.4, 0.5) is 5.69 Å². The molecule has 3 aromatic rings. The van der Waals surface area contributed by atoms with Gasteiger partial charge in [0.15, 0.2) is 6.61 Å². The number of carbonyl (C=O) groups excluding carboxylic acids is 1. The molecule has 0 bridgehead atoms. The third-order valence-corrected chi connectivity index (χ3v) is 3.93. The van der Waals surface area contributed by atoms with Crippen LogP contribution in [0.3, 0.4) is 0 Å². The Morgan fingerprint density at radius 2 is 1.67 bits per heavy atom. The lowest BCUT2D eigenvalue weighted by atomic mass is 10.2. The van der Waals surface area contributed by atoms with Crippen molar-refractivity contribution in [1.82, 2.24) is 5.43 Å². The van der Waals surface area contributed by atoms with Crippen LogP contribution in [0.5, 0.6) is 11.5 Å². The van der Waals surface area contributed by atoms with Gasteiger partial charge >= 0.3 is 0 Å². The van der Waals surface area contributed by atoms with Gasteiger partial charge in [-0.25, -0.2) is 5.43 Å². The van der Waals surface area contributed by atoms with Gasteiger partial charge in [-0.3, -0.25) is 14.9 Å². The largest absolute Gasteiger partial charge is 0.489 e. The minimum atomic E-state index is -0.498. The van der Waals surface area contributed by atoms with Gasteiger partial charge in [0.25, 0.3) is 11.6 Å². The lowest BCUT2D eigenvalue weighted by Gasteiger charge is -2.08. The number of nitro benzene ring substituents is 1. The zero-order valence-corrected chi connectivity index (χ0v) is 15.9. The maximum Gasteiger partial charge on any atom is 0.277 e. The second kappa shape index (κ2) is 10.4. The first kappa shape index (κ1) is 20.5. The van der Waals surface area contributed by atoms with Gasteiger partial charge in [0.1, 0.15) is 18.1 Å². The third kappa shape index (κ3) is 6.45. The van der Waals surface area contributed by atoms with Gasteiger partial charge in [0, 0.05) is 17.7 Å². The first-order valence-electron chi connectivity index (χ1n) is 9.06. The third-order valence-electron chi connectivity index (χ3n) is 3.93. The number of hydrogen-bond acceptors (Lipinski definition) is 6. The molecule has 0 saturated carbocycles. The van der Waals surface area contributed by atoms with Crippen LogP contribution in [-0.4, -0.2) is 23.7 Å². The Hall–Kier alpha value is -4.20. The molecule has 0 aromatic heterocycles. The fourth-order valence-corrected chi connectivity index (χ4v) is 2.45. The van der Waals surface area contributed by atoms with Crippen molar-refractivity contribution in [3.63, 3.8) is 0 Å². The number of non-ortho nitro benzene ring substituents is 1. The molecule has 0 aliphatic heterocycles. The molecular formula is C22H19N3O5. The highest BCUT2D eigenvalue weighted by atomic mass is 16.6. The van der Waals surface area contributed by atoms with Crippen molar-refractivity contribution in [2.24, 2.45) is 5.10 Å². The SMILES string of the molecule is O=C(COc1ccc(OCc2ccccc2)cc1)NN=Cc1cccc([N+](=O)[O-])c1. The highest BCUT2D eigenvalue weighted by molar-refractivity contribution is 5.83. The summed E-state index contributed by atoms with van der Waals surface area (Å²) < 4.78 is 11.1. The van der Waals surface area contributed by atoms with Crippen LogP contribution in [0.2, 0.25) is 0 Å². The van der Waals surface area contributed by atoms with E-state index in [-0.39, 0.29) is 12.3 Å². The first-order valence-corrected chi connectivity index (χ1v) is 9.06.